The first-order valence-electron chi connectivity index (χ1n) is 12.0. The highest BCUT2D eigenvalue weighted by Crippen LogP contribution is 2.48. The summed E-state index contributed by atoms with van der Waals surface area (Å²) < 4.78 is 14.2. The van der Waals surface area contributed by atoms with Gasteiger partial charge in [-0.3, -0.25) is 15.0 Å². The molecular formula is C25H26N4O9S2. The summed E-state index contributed by atoms with van der Waals surface area (Å²) in [5.41, 5.74) is 4.80. The highest BCUT2D eigenvalue weighted by Gasteiger charge is 2.33. The Morgan fingerprint density at radius 1 is 1.18 bits per heavy atom. The molecule has 0 amide bonds. The third-order valence-electron chi connectivity index (χ3n) is 5.98. The van der Waals surface area contributed by atoms with Crippen LogP contribution in [-0.2, 0) is 23.9 Å². The number of morpholine rings is 1. The third kappa shape index (κ3) is 6.68. The van der Waals surface area contributed by atoms with Crippen LogP contribution in [0.1, 0.15) is 10.6 Å². The number of carboxylic acids is 2. The molecule has 0 saturated carbocycles. The Kier molecular flexibility index (Phi) is 9.89. The molecule has 2 N–H and O–H groups in total. The molecule has 4 heterocycles. The second-order valence-electron chi connectivity index (χ2n) is 8.37. The molecule has 0 bridgehead atoms. The van der Waals surface area contributed by atoms with Crippen molar-refractivity contribution in [2.24, 2.45) is 5.16 Å². The molecule has 2 aliphatic heterocycles. The van der Waals surface area contributed by atoms with E-state index in [1.165, 1.54) is 0 Å². The Labute approximate surface area is 236 Å². The van der Waals surface area contributed by atoms with E-state index in [4.69, 9.17) is 34.1 Å². The number of rotatable bonds is 9. The number of ether oxygens (including phenoxy) is 2. The van der Waals surface area contributed by atoms with E-state index in [1.54, 1.807) is 47.4 Å². The number of benzene rings is 1. The maximum absolute atomic E-state index is 11.1. The summed E-state index contributed by atoms with van der Waals surface area (Å²) in [7, 11) is 0. The molecule has 0 unspecified atom stereocenters. The van der Waals surface area contributed by atoms with Crippen molar-refractivity contribution in [3.63, 3.8) is 0 Å². The Hall–Kier alpha value is -3.76. The van der Waals surface area contributed by atoms with E-state index in [1.807, 2.05) is 24.6 Å². The second-order valence-corrected chi connectivity index (χ2v) is 10.5. The first kappa shape index (κ1) is 29.2. The van der Waals surface area contributed by atoms with Crippen molar-refractivity contribution in [2.75, 3.05) is 52.5 Å². The Balaban J connectivity index is 0.000000557. The van der Waals surface area contributed by atoms with Gasteiger partial charge in [0.15, 0.2) is 0 Å². The SMILES string of the molecule is CSc1sc2c(c1-c1ccc([N+](=O)[O-])cc1)-n1cccc1/C2=N/OCOCCN1CCOCC1.O=C(O)C(=O)O. The number of nitro groups is 1. The summed E-state index contributed by atoms with van der Waals surface area (Å²) >= 11 is 3.30. The fraction of sp³-hybridized carbons (Fsp3) is 0.320. The number of thioether (sulfide) groups is 1. The average molecular weight is 591 g/mol. The summed E-state index contributed by atoms with van der Waals surface area (Å²) in [4.78, 5) is 37.8. The number of nitrogens with zero attached hydrogens (tertiary/aromatic N) is 4. The van der Waals surface area contributed by atoms with Gasteiger partial charge in [0.1, 0.15) is 5.71 Å². The monoisotopic (exact) mass is 590 g/mol. The van der Waals surface area contributed by atoms with Crippen LogP contribution in [0.15, 0.2) is 52.0 Å². The van der Waals surface area contributed by atoms with Crippen molar-refractivity contribution in [1.82, 2.24) is 9.47 Å². The van der Waals surface area contributed by atoms with E-state index < -0.39 is 11.9 Å². The smallest absolute Gasteiger partial charge is 0.414 e. The molecule has 5 rings (SSSR count). The summed E-state index contributed by atoms with van der Waals surface area (Å²) in [6, 6.07) is 10.7. The zero-order valence-electron chi connectivity index (χ0n) is 21.3. The normalized spacial score (nSPS) is 15.2. The Bertz CT molecular complexity index is 1380. The van der Waals surface area contributed by atoms with Crippen LogP contribution in [0.25, 0.3) is 16.8 Å². The van der Waals surface area contributed by atoms with Gasteiger partial charge < -0.3 is 29.1 Å². The van der Waals surface area contributed by atoms with Gasteiger partial charge in [0.2, 0.25) is 6.79 Å². The van der Waals surface area contributed by atoms with Crippen molar-refractivity contribution in [2.45, 2.75) is 4.21 Å². The van der Waals surface area contributed by atoms with Crippen molar-refractivity contribution in [3.05, 3.63) is 63.3 Å². The van der Waals surface area contributed by atoms with Crippen molar-refractivity contribution >= 4 is 46.4 Å². The van der Waals surface area contributed by atoms with E-state index in [0.717, 1.165) is 70.2 Å². The molecule has 3 aromatic rings. The molecule has 212 valence electrons. The third-order valence-corrected chi connectivity index (χ3v) is 8.29. The first-order valence-corrected chi connectivity index (χ1v) is 14.0. The van der Waals surface area contributed by atoms with Crippen LogP contribution in [0.2, 0.25) is 0 Å². The molecule has 1 fully saturated rings. The van der Waals surface area contributed by atoms with Gasteiger partial charge in [0, 0.05) is 43.5 Å². The lowest BCUT2D eigenvalue weighted by Crippen LogP contribution is -2.38. The zero-order chi connectivity index (χ0) is 28.6. The van der Waals surface area contributed by atoms with Gasteiger partial charge >= 0.3 is 11.9 Å². The quantitative estimate of drug-likeness (QED) is 0.0733. The molecule has 1 saturated heterocycles. The van der Waals surface area contributed by atoms with Gasteiger partial charge in [-0.15, -0.1) is 23.1 Å². The minimum atomic E-state index is -1.82. The summed E-state index contributed by atoms with van der Waals surface area (Å²) in [6.45, 7) is 4.90. The highest BCUT2D eigenvalue weighted by atomic mass is 32.2. The van der Waals surface area contributed by atoms with Crippen LogP contribution in [0.3, 0.4) is 0 Å². The standard InChI is InChI=1S/C23H24N4O5S2.C2H2O4/c1-33-23-19(16-4-6-17(7-5-16)27(28)29)21-22(34-23)20(18-3-2-8-26(18)21)24-32-15-31-14-11-25-9-12-30-13-10-25;3-1(4)2(5)6/h2-8H,9-15H2,1H3;(H,3,4)(H,5,6)/b24-20-;. The van der Waals surface area contributed by atoms with Crippen LogP contribution < -0.4 is 0 Å². The van der Waals surface area contributed by atoms with Crippen molar-refractivity contribution in [1.29, 1.82) is 0 Å². The van der Waals surface area contributed by atoms with Gasteiger partial charge in [-0.2, -0.15) is 0 Å². The first-order chi connectivity index (χ1) is 19.3. The number of fused-ring (bicyclic) bond motifs is 3. The summed E-state index contributed by atoms with van der Waals surface area (Å²) in [6.07, 6.45) is 4.03. The number of carbonyl (C=O) groups is 2. The number of carboxylic acid groups (broad SMARTS) is 2. The highest BCUT2D eigenvalue weighted by molar-refractivity contribution is 8.00. The number of hydrogen-bond donors (Lipinski definition) is 2. The largest absolute Gasteiger partial charge is 0.473 e. The predicted molar refractivity (Wildman–Crippen MR) is 148 cm³/mol. The van der Waals surface area contributed by atoms with Gasteiger partial charge in [-0.05, 0) is 36.1 Å². The van der Waals surface area contributed by atoms with Crippen LogP contribution >= 0.6 is 23.1 Å². The summed E-state index contributed by atoms with van der Waals surface area (Å²) in [5, 5.41) is 30.3. The van der Waals surface area contributed by atoms with Crippen molar-refractivity contribution < 1.29 is 39.0 Å². The number of aromatic nitrogens is 1. The lowest BCUT2D eigenvalue weighted by atomic mass is 10.1. The molecule has 2 aliphatic rings. The van der Waals surface area contributed by atoms with Gasteiger partial charge in [0.25, 0.3) is 5.69 Å². The number of thiophene rings is 1. The van der Waals surface area contributed by atoms with E-state index in [0.29, 0.717) is 6.61 Å². The van der Waals surface area contributed by atoms with E-state index in [9.17, 15) is 10.1 Å². The molecular weight excluding hydrogens is 564 g/mol. The number of non-ortho nitro benzene ring substituents is 1. The Morgan fingerprint density at radius 2 is 1.88 bits per heavy atom. The molecule has 0 aliphatic carbocycles. The van der Waals surface area contributed by atoms with Crippen LogP contribution in [-0.4, -0.2) is 94.8 Å². The molecule has 0 spiro atoms. The predicted octanol–water partition coefficient (Wildman–Crippen LogP) is 3.38. The number of oxime groups is 1. The molecule has 0 atom stereocenters. The number of aliphatic carboxylic acids is 2. The van der Waals surface area contributed by atoms with Gasteiger partial charge in [0.05, 0.1) is 45.2 Å². The second kappa shape index (κ2) is 13.5. The maximum Gasteiger partial charge on any atom is 0.414 e. The van der Waals surface area contributed by atoms with Crippen LogP contribution in [0, 0.1) is 10.1 Å². The van der Waals surface area contributed by atoms with E-state index >= 15 is 0 Å². The molecule has 2 aromatic heterocycles. The van der Waals surface area contributed by atoms with E-state index in [-0.39, 0.29) is 17.4 Å². The van der Waals surface area contributed by atoms with Crippen LogP contribution in [0.4, 0.5) is 5.69 Å². The van der Waals surface area contributed by atoms with Gasteiger partial charge in [-0.1, -0.05) is 5.16 Å². The molecule has 13 nitrogen and oxygen atoms in total. The fourth-order valence-corrected chi connectivity index (χ4v) is 6.16. The van der Waals surface area contributed by atoms with E-state index in [2.05, 4.69) is 14.6 Å². The van der Waals surface area contributed by atoms with Crippen LogP contribution in [0.5, 0.6) is 0 Å². The molecule has 1 aromatic carbocycles. The Morgan fingerprint density at radius 3 is 2.50 bits per heavy atom. The molecule has 40 heavy (non-hydrogen) atoms. The number of hydrogen-bond acceptors (Lipinski definition) is 11. The minimum absolute atomic E-state index is 0.0762. The van der Waals surface area contributed by atoms with Crippen molar-refractivity contribution in [3.8, 4) is 16.8 Å². The summed E-state index contributed by atoms with van der Waals surface area (Å²) in [5.74, 6) is -3.65. The lowest BCUT2D eigenvalue weighted by Gasteiger charge is -2.26. The average Bonchev–Trinajstić information content (AvgIpc) is 3.64. The van der Waals surface area contributed by atoms with Gasteiger partial charge in [-0.25, -0.2) is 9.59 Å². The molecule has 0 radical (unpaired) electrons. The minimum Gasteiger partial charge on any atom is -0.473 e. The fourth-order valence-electron chi connectivity index (χ4n) is 4.12. The number of nitro benzene ring substituents is 1. The maximum atomic E-state index is 11.1. The molecule has 15 heteroatoms. The zero-order valence-corrected chi connectivity index (χ0v) is 23.0. The lowest BCUT2D eigenvalue weighted by molar-refractivity contribution is -0.384. The topological polar surface area (TPSA) is 166 Å².